The fourth-order valence-electron chi connectivity index (χ4n) is 2.36. The van der Waals surface area contributed by atoms with E-state index in [0.29, 0.717) is 0 Å². The quantitative estimate of drug-likeness (QED) is 0.496. The number of hydrogen-bond donors (Lipinski definition) is 0. The van der Waals surface area contributed by atoms with Crippen LogP contribution in [0, 0.1) is 0 Å². The zero-order chi connectivity index (χ0) is 14.0. The van der Waals surface area contributed by atoms with E-state index in [4.69, 9.17) is 0 Å². The first-order chi connectivity index (χ1) is 9.88. The summed E-state index contributed by atoms with van der Waals surface area (Å²) in [7, 11) is 0. The van der Waals surface area contributed by atoms with Gasteiger partial charge in [-0.2, -0.15) is 0 Å². The Labute approximate surface area is 122 Å². The maximum Gasteiger partial charge on any atom is 0.0237 e. The van der Waals surface area contributed by atoms with Gasteiger partial charge >= 0.3 is 0 Å². The SMILES string of the molecule is C=CCCCN(Cc1ccccc1)Cc1ccccc1. The van der Waals surface area contributed by atoms with Gasteiger partial charge in [-0.15, -0.1) is 6.58 Å². The number of allylic oxidation sites excluding steroid dienone is 1. The zero-order valence-electron chi connectivity index (χ0n) is 12.0. The van der Waals surface area contributed by atoms with Gasteiger partial charge in [0.2, 0.25) is 0 Å². The van der Waals surface area contributed by atoms with Crippen LogP contribution in [-0.2, 0) is 13.1 Å². The number of rotatable bonds is 8. The van der Waals surface area contributed by atoms with Crippen molar-refractivity contribution in [1.82, 2.24) is 4.90 Å². The summed E-state index contributed by atoms with van der Waals surface area (Å²) in [5, 5.41) is 0. The third-order valence-electron chi connectivity index (χ3n) is 3.38. The molecule has 0 spiro atoms. The van der Waals surface area contributed by atoms with Crippen molar-refractivity contribution in [3.05, 3.63) is 84.4 Å². The first-order valence-electron chi connectivity index (χ1n) is 7.29. The molecule has 2 rings (SSSR count). The molecule has 1 heteroatoms. The molecular weight excluding hydrogens is 242 g/mol. The second-order valence-electron chi connectivity index (χ2n) is 5.11. The Kier molecular flexibility index (Phi) is 6.07. The van der Waals surface area contributed by atoms with Crippen molar-refractivity contribution in [3.63, 3.8) is 0 Å². The van der Waals surface area contributed by atoms with Gasteiger partial charge in [-0.25, -0.2) is 0 Å². The second-order valence-corrected chi connectivity index (χ2v) is 5.11. The van der Waals surface area contributed by atoms with Gasteiger partial charge in [0.05, 0.1) is 0 Å². The molecule has 20 heavy (non-hydrogen) atoms. The fraction of sp³-hybridized carbons (Fsp3) is 0.263. The minimum atomic E-state index is 1.01. The molecule has 0 aliphatic heterocycles. The molecule has 104 valence electrons. The summed E-state index contributed by atoms with van der Waals surface area (Å²) in [4.78, 5) is 2.51. The maximum atomic E-state index is 3.81. The molecule has 0 fully saturated rings. The summed E-state index contributed by atoms with van der Waals surface area (Å²) in [6.07, 6.45) is 4.26. The van der Waals surface area contributed by atoms with Crippen molar-refractivity contribution >= 4 is 0 Å². The molecule has 2 aromatic carbocycles. The van der Waals surface area contributed by atoms with Crippen LogP contribution in [-0.4, -0.2) is 11.4 Å². The summed E-state index contributed by atoms with van der Waals surface area (Å²) in [5.41, 5.74) is 2.75. The van der Waals surface area contributed by atoms with E-state index in [0.717, 1.165) is 26.1 Å². The minimum absolute atomic E-state index is 1.01. The van der Waals surface area contributed by atoms with Crippen LogP contribution in [0.25, 0.3) is 0 Å². The first kappa shape index (κ1) is 14.5. The molecule has 1 nitrogen and oxygen atoms in total. The smallest absolute Gasteiger partial charge is 0.0237 e. The number of hydrogen-bond acceptors (Lipinski definition) is 1. The van der Waals surface area contributed by atoms with E-state index in [9.17, 15) is 0 Å². The Morgan fingerprint density at radius 2 is 1.30 bits per heavy atom. The summed E-state index contributed by atoms with van der Waals surface area (Å²) < 4.78 is 0. The molecule has 0 N–H and O–H groups in total. The lowest BCUT2D eigenvalue weighted by Gasteiger charge is -2.22. The molecule has 0 saturated heterocycles. The van der Waals surface area contributed by atoms with Crippen molar-refractivity contribution in [3.8, 4) is 0 Å². The van der Waals surface area contributed by atoms with Gasteiger partial charge in [0.1, 0.15) is 0 Å². The van der Waals surface area contributed by atoms with Crippen LogP contribution < -0.4 is 0 Å². The molecule has 0 atom stereocenters. The van der Waals surface area contributed by atoms with Gasteiger partial charge in [-0.3, -0.25) is 4.90 Å². The molecule has 0 aliphatic rings. The maximum absolute atomic E-state index is 3.81. The summed E-state index contributed by atoms with van der Waals surface area (Å²) >= 11 is 0. The van der Waals surface area contributed by atoms with Crippen LogP contribution >= 0.6 is 0 Å². The van der Waals surface area contributed by atoms with Crippen molar-refractivity contribution in [1.29, 1.82) is 0 Å². The lowest BCUT2D eigenvalue weighted by atomic mass is 10.1. The lowest BCUT2D eigenvalue weighted by Crippen LogP contribution is -2.23. The van der Waals surface area contributed by atoms with Gasteiger partial charge in [-0.1, -0.05) is 66.7 Å². The normalized spacial score (nSPS) is 10.7. The number of nitrogens with zero attached hydrogens (tertiary/aromatic N) is 1. The highest BCUT2D eigenvalue weighted by atomic mass is 15.1. The predicted octanol–water partition coefficient (Wildman–Crippen LogP) is 4.66. The zero-order valence-corrected chi connectivity index (χ0v) is 12.0. The predicted molar refractivity (Wildman–Crippen MR) is 86.4 cm³/mol. The minimum Gasteiger partial charge on any atom is -0.295 e. The third kappa shape index (κ3) is 5.02. The average molecular weight is 265 g/mol. The molecule has 2 aromatic rings. The van der Waals surface area contributed by atoms with Crippen LogP contribution in [0.3, 0.4) is 0 Å². The molecule has 0 amide bonds. The number of unbranched alkanes of at least 4 members (excludes halogenated alkanes) is 1. The van der Waals surface area contributed by atoms with Gasteiger partial charge in [-0.05, 0) is 30.5 Å². The second kappa shape index (κ2) is 8.34. The van der Waals surface area contributed by atoms with E-state index in [2.05, 4.69) is 72.1 Å². The summed E-state index contributed by atoms with van der Waals surface area (Å²) in [5.74, 6) is 0. The molecule has 0 radical (unpaired) electrons. The monoisotopic (exact) mass is 265 g/mol. The molecule has 0 aliphatic carbocycles. The van der Waals surface area contributed by atoms with E-state index >= 15 is 0 Å². The summed E-state index contributed by atoms with van der Waals surface area (Å²) in [6.45, 7) is 6.93. The van der Waals surface area contributed by atoms with Crippen molar-refractivity contribution in [2.45, 2.75) is 25.9 Å². The van der Waals surface area contributed by atoms with Crippen LogP contribution in [0.2, 0.25) is 0 Å². The largest absolute Gasteiger partial charge is 0.295 e. The molecule has 0 bridgehead atoms. The van der Waals surface area contributed by atoms with Crippen LogP contribution in [0.15, 0.2) is 73.3 Å². The molecular formula is C19H23N. The Morgan fingerprint density at radius 1 is 0.800 bits per heavy atom. The standard InChI is InChI=1S/C19H23N/c1-2-3-10-15-20(16-18-11-6-4-7-12-18)17-19-13-8-5-9-14-19/h2,4-9,11-14H,1,3,10,15-17H2. The molecule has 0 unspecified atom stereocenters. The van der Waals surface area contributed by atoms with Crippen molar-refractivity contribution in [2.24, 2.45) is 0 Å². The number of benzene rings is 2. The fourth-order valence-corrected chi connectivity index (χ4v) is 2.36. The Bertz CT molecular complexity index is 448. The summed E-state index contributed by atoms with van der Waals surface area (Å²) in [6, 6.07) is 21.4. The van der Waals surface area contributed by atoms with Crippen LogP contribution in [0.1, 0.15) is 24.0 Å². The van der Waals surface area contributed by atoms with Crippen LogP contribution in [0.4, 0.5) is 0 Å². The van der Waals surface area contributed by atoms with Gasteiger partial charge in [0.15, 0.2) is 0 Å². The Morgan fingerprint density at radius 3 is 1.75 bits per heavy atom. The van der Waals surface area contributed by atoms with Crippen molar-refractivity contribution < 1.29 is 0 Å². The molecule has 0 aromatic heterocycles. The molecule has 0 heterocycles. The van der Waals surface area contributed by atoms with E-state index < -0.39 is 0 Å². The van der Waals surface area contributed by atoms with E-state index in [1.807, 2.05) is 6.08 Å². The van der Waals surface area contributed by atoms with Gasteiger partial charge < -0.3 is 0 Å². The van der Waals surface area contributed by atoms with E-state index in [1.165, 1.54) is 17.5 Å². The average Bonchev–Trinajstić information content (AvgIpc) is 2.49. The Hall–Kier alpha value is -1.86. The van der Waals surface area contributed by atoms with Gasteiger partial charge in [0.25, 0.3) is 0 Å². The first-order valence-corrected chi connectivity index (χ1v) is 7.29. The molecule has 0 saturated carbocycles. The van der Waals surface area contributed by atoms with Crippen molar-refractivity contribution in [2.75, 3.05) is 6.54 Å². The highest BCUT2D eigenvalue weighted by Gasteiger charge is 2.06. The van der Waals surface area contributed by atoms with E-state index in [1.54, 1.807) is 0 Å². The highest BCUT2D eigenvalue weighted by molar-refractivity contribution is 5.17. The lowest BCUT2D eigenvalue weighted by molar-refractivity contribution is 0.254. The Balaban J connectivity index is 1.98. The highest BCUT2D eigenvalue weighted by Crippen LogP contribution is 2.11. The third-order valence-corrected chi connectivity index (χ3v) is 3.38. The van der Waals surface area contributed by atoms with E-state index in [-0.39, 0.29) is 0 Å². The topological polar surface area (TPSA) is 3.24 Å². The van der Waals surface area contributed by atoms with Crippen LogP contribution in [0.5, 0.6) is 0 Å². The van der Waals surface area contributed by atoms with Gasteiger partial charge in [0, 0.05) is 13.1 Å².